The van der Waals surface area contributed by atoms with Crippen molar-refractivity contribution < 1.29 is 4.42 Å². The number of nitrogens with zero attached hydrogens (tertiary/aromatic N) is 3. The lowest BCUT2D eigenvalue weighted by atomic mass is 10.0. The summed E-state index contributed by atoms with van der Waals surface area (Å²) in [7, 11) is 0. The van der Waals surface area contributed by atoms with Gasteiger partial charge in [0.25, 0.3) is 11.1 Å². The van der Waals surface area contributed by atoms with E-state index in [0.717, 1.165) is 32.6 Å². The first-order valence-corrected chi connectivity index (χ1v) is 8.83. The van der Waals surface area contributed by atoms with E-state index in [9.17, 15) is 0 Å². The number of hydrogen-bond donors (Lipinski definition) is 0. The molecule has 2 aliphatic rings. The third kappa shape index (κ3) is 2.19. The van der Waals surface area contributed by atoms with Crippen molar-refractivity contribution >= 4 is 23.1 Å². The summed E-state index contributed by atoms with van der Waals surface area (Å²) >= 11 is 3.41. The minimum atomic E-state index is 0.624. The van der Waals surface area contributed by atoms with E-state index >= 15 is 0 Å². The summed E-state index contributed by atoms with van der Waals surface area (Å²) in [6.45, 7) is 3.99. The highest BCUT2D eigenvalue weighted by atomic mass is 32.2. The first-order valence-electron chi connectivity index (χ1n) is 7.13. The zero-order chi connectivity index (χ0) is 13.7. The molecule has 2 bridgehead atoms. The lowest BCUT2D eigenvalue weighted by Crippen LogP contribution is -2.12. The maximum atomic E-state index is 5.84. The Morgan fingerprint density at radius 3 is 2.75 bits per heavy atom. The minimum absolute atomic E-state index is 0.624. The molecule has 0 spiro atoms. The highest BCUT2D eigenvalue weighted by Crippen LogP contribution is 2.51. The van der Waals surface area contributed by atoms with Crippen molar-refractivity contribution in [2.45, 2.75) is 50.0 Å². The number of thioether (sulfide) groups is 1. The second-order valence-corrected chi connectivity index (χ2v) is 8.25. The molecule has 0 aromatic carbocycles. The first kappa shape index (κ1) is 12.8. The number of thiazole rings is 1. The number of fused-ring (bicyclic) bond motifs is 2. The normalized spacial score (nSPS) is 28.4. The molecule has 20 heavy (non-hydrogen) atoms. The first-order chi connectivity index (χ1) is 9.69. The van der Waals surface area contributed by atoms with Crippen LogP contribution < -0.4 is 0 Å². The molecule has 4 nitrogen and oxygen atoms in total. The third-order valence-corrected chi connectivity index (χ3v) is 6.74. The monoisotopic (exact) mass is 307 g/mol. The van der Waals surface area contributed by atoms with Crippen LogP contribution in [0.15, 0.2) is 9.64 Å². The maximum absolute atomic E-state index is 5.84. The van der Waals surface area contributed by atoms with Crippen molar-refractivity contribution in [2.24, 2.45) is 11.8 Å². The lowest BCUT2D eigenvalue weighted by molar-refractivity contribution is 0.454. The third-order valence-electron chi connectivity index (χ3n) is 4.43. The molecule has 2 aromatic rings. The lowest BCUT2D eigenvalue weighted by Gasteiger charge is -2.18. The van der Waals surface area contributed by atoms with Crippen molar-refractivity contribution in [1.82, 2.24) is 15.2 Å². The smallest absolute Gasteiger partial charge is 0.277 e. The predicted molar refractivity (Wildman–Crippen MR) is 80.0 cm³/mol. The standard InChI is InChI=1S/C14H17N3OS2/c1-7-12(19-8(2)15-7)13-16-17-14(18-13)20-11-6-9-3-4-10(11)5-9/h9-11H,3-6H2,1-2H3. The number of rotatable bonds is 3. The molecule has 0 N–H and O–H groups in total. The van der Waals surface area contributed by atoms with Gasteiger partial charge >= 0.3 is 0 Å². The largest absolute Gasteiger partial charge is 0.410 e. The van der Waals surface area contributed by atoms with Gasteiger partial charge in [-0.2, -0.15) is 0 Å². The molecule has 0 aliphatic heterocycles. The van der Waals surface area contributed by atoms with Gasteiger partial charge < -0.3 is 4.42 Å². The Morgan fingerprint density at radius 1 is 1.20 bits per heavy atom. The van der Waals surface area contributed by atoms with Crippen molar-refractivity contribution in [1.29, 1.82) is 0 Å². The average molecular weight is 307 g/mol. The van der Waals surface area contributed by atoms with Gasteiger partial charge in [-0.05, 0) is 44.9 Å². The molecule has 4 rings (SSSR count). The van der Waals surface area contributed by atoms with Crippen LogP contribution in [0.25, 0.3) is 10.8 Å². The highest BCUT2D eigenvalue weighted by Gasteiger charge is 2.40. The fourth-order valence-corrected chi connectivity index (χ4v) is 5.66. The van der Waals surface area contributed by atoms with Crippen LogP contribution in [-0.2, 0) is 0 Å². The second kappa shape index (κ2) is 4.84. The summed E-state index contributed by atoms with van der Waals surface area (Å²) in [5, 5.41) is 10.9. The fourth-order valence-electron chi connectivity index (χ4n) is 3.54. The topological polar surface area (TPSA) is 51.8 Å². The van der Waals surface area contributed by atoms with E-state index in [-0.39, 0.29) is 0 Å². The summed E-state index contributed by atoms with van der Waals surface area (Å²) in [5.74, 6) is 2.44. The van der Waals surface area contributed by atoms with Crippen LogP contribution in [0, 0.1) is 25.7 Å². The molecule has 2 heterocycles. The van der Waals surface area contributed by atoms with E-state index in [1.807, 2.05) is 13.8 Å². The Morgan fingerprint density at radius 2 is 2.10 bits per heavy atom. The number of aryl methyl sites for hydroxylation is 2. The fraction of sp³-hybridized carbons (Fsp3) is 0.643. The molecular formula is C14H17N3OS2. The van der Waals surface area contributed by atoms with Crippen molar-refractivity contribution in [3.05, 3.63) is 10.7 Å². The van der Waals surface area contributed by atoms with Gasteiger partial charge in [0, 0.05) is 5.25 Å². The van der Waals surface area contributed by atoms with Gasteiger partial charge in [0.2, 0.25) is 0 Å². The van der Waals surface area contributed by atoms with Crippen LogP contribution in [0.1, 0.15) is 36.4 Å². The molecule has 3 atom stereocenters. The zero-order valence-electron chi connectivity index (χ0n) is 11.6. The molecule has 2 saturated carbocycles. The van der Waals surface area contributed by atoms with Crippen LogP contribution >= 0.6 is 23.1 Å². The van der Waals surface area contributed by atoms with Crippen LogP contribution in [0.3, 0.4) is 0 Å². The van der Waals surface area contributed by atoms with E-state index in [2.05, 4.69) is 15.2 Å². The van der Waals surface area contributed by atoms with Gasteiger partial charge in [0.05, 0.1) is 10.7 Å². The molecule has 6 heteroatoms. The van der Waals surface area contributed by atoms with Crippen LogP contribution in [0.2, 0.25) is 0 Å². The Balaban J connectivity index is 1.52. The summed E-state index contributed by atoms with van der Waals surface area (Å²) in [6, 6.07) is 0. The van der Waals surface area contributed by atoms with Gasteiger partial charge in [-0.25, -0.2) is 4.98 Å². The SMILES string of the molecule is Cc1nc(C)c(-c2nnc(SC3CC4CCC3C4)o2)s1. The summed E-state index contributed by atoms with van der Waals surface area (Å²) < 4.78 is 5.84. The molecule has 2 fully saturated rings. The van der Waals surface area contributed by atoms with Crippen LogP contribution in [0.5, 0.6) is 0 Å². The summed E-state index contributed by atoms with van der Waals surface area (Å²) in [6.07, 6.45) is 5.55. The van der Waals surface area contributed by atoms with Crippen molar-refractivity contribution in [2.75, 3.05) is 0 Å². The van der Waals surface area contributed by atoms with Crippen LogP contribution in [0.4, 0.5) is 0 Å². The highest BCUT2D eigenvalue weighted by molar-refractivity contribution is 7.99. The van der Waals surface area contributed by atoms with Gasteiger partial charge in [0.15, 0.2) is 0 Å². The Labute approximate surface area is 126 Å². The molecule has 0 amide bonds. The Kier molecular flexibility index (Phi) is 3.11. The average Bonchev–Trinajstić information content (AvgIpc) is 3.14. The summed E-state index contributed by atoms with van der Waals surface area (Å²) in [4.78, 5) is 5.42. The Bertz CT molecular complexity index is 636. The van der Waals surface area contributed by atoms with E-state index in [1.165, 1.54) is 25.7 Å². The van der Waals surface area contributed by atoms with Crippen LogP contribution in [-0.4, -0.2) is 20.4 Å². The predicted octanol–water partition coefficient (Wildman–Crippen LogP) is 4.09. The molecule has 2 aliphatic carbocycles. The molecule has 3 unspecified atom stereocenters. The molecule has 0 radical (unpaired) electrons. The van der Waals surface area contributed by atoms with Gasteiger partial charge in [-0.15, -0.1) is 21.5 Å². The quantitative estimate of drug-likeness (QED) is 0.855. The Hall–Kier alpha value is -0.880. The maximum Gasteiger partial charge on any atom is 0.277 e. The minimum Gasteiger partial charge on any atom is -0.410 e. The van der Waals surface area contributed by atoms with E-state index in [1.54, 1.807) is 23.1 Å². The molecular weight excluding hydrogens is 290 g/mol. The van der Waals surface area contributed by atoms with Crippen molar-refractivity contribution in [3.63, 3.8) is 0 Å². The van der Waals surface area contributed by atoms with E-state index in [4.69, 9.17) is 4.42 Å². The molecule has 0 saturated heterocycles. The number of aromatic nitrogens is 3. The molecule has 106 valence electrons. The van der Waals surface area contributed by atoms with Crippen molar-refractivity contribution in [3.8, 4) is 10.8 Å². The summed E-state index contributed by atoms with van der Waals surface area (Å²) in [5.41, 5.74) is 0.979. The van der Waals surface area contributed by atoms with Gasteiger partial charge in [-0.3, -0.25) is 0 Å². The van der Waals surface area contributed by atoms with E-state index < -0.39 is 0 Å². The second-order valence-electron chi connectivity index (χ2n) is 5.85. The van der Waals surface area contributed by atoms with E-state index in [0.29, 0.717) is 11.1 Å². The van der Waals surface area contributed by atoms with Gasteiger partial charge in [0.1, 0.15) is 4.88 Å². The number of hydrogen-bond acceptors (Lipinski definition) is 6. The molecule has 2 aromatic heterocycles. The van der Waals surface area contributed by atoms with Gasteiger partial charge in [-0.1, -0.05) is 18.2 Å². The zero-order valence-corrected chi connectivity index (χ0v) is 13.3.